The first-order valence-corrected chi connectivity index (χ1v) is 30.1. The zero-order valence-corrected chi connectivity index (χ0v) is 50.4. The third-order valence-electron chi connectivity index (χ3n) is 17.4. The zero-order valence-electron chi connectivity index (χ0n) is 50.4. The van der Waals surface area contributed by atoms with E-state index in [1.54, 1.807) is 0 Å². The van der Waals surface area contributed by atoms with Crippen molar-refractivity contribution in [2.75, 3.05) is 52.9 Å². The van der Waals surface area contributed by atoms with Crippen molar-refractivity contribution in [1.82, 2.24) is 10.6 Å². The summed E-state index contributed by atoms with van der Waals surface area (Å²) in [6, 6.07) is -3.45. The normalized spacial score (nSPS) is 50.8. The van der Waals surface area contributed by atoms with Crippen molar-refractivity contribution in [1.29, 1.82) is 0 Å². The molecule has 0 bridgehead atoms. The Morgan fingerprint density at radius 2 is 0.568 bits per heavy atom. The number of hydrogen-bond donors (Lipinski definition) is 26. The van der Waals surface area contributed by atoms with Gasteiger partial charge >= 0.3 is 0 Å². The van der Waals surface area contributed by atoms with Crippen LogP contribution in [0.25, 0.3) is 0 Å². The Kier molecular flexibility index (Phi) is 27.9. The number of ether oxygens (including phenoxy) is 15. The summed E-state index contributed by atoms with van der Waals surface area (Å²) in [5.74, 6) is -1.66. The predicted octanol–water partition coefficient (Wildman–Crippen LogP) is -18.2. The number of nitrogens with one attached hydrogen (secondary N) is 2. The van der Waals surface area contributed by atoms with Crippen molar-refractivity contribution in [2.45, 2.75) is 259 Å². The van der Waals surface area contributed by atoms with Crippen molar-refractivity contribution in [3.8, 4) is 0 Å². The maximum absolute atomic E-state index is 12.8. The Balaban J connectivity index is 1.10. The van der Waals surface area contributed by atoms with E-state index >= 15 is 0 Å². The van der Waals surface area contributed by atoms with Crippen molar-refractivity contribution < 1.29 is 203 Å². The third-order valence-corrected chi connectivity index (χ3v) is 17.4. The molecule has 0 aromatic heterocycles. The Labute approximate surface area is 536 Å². The first-order valence-electron chi connectivity index (χ1n) is 30.1. The minimum atomic E-state index is -2.48. The first kappa shape index (κ1) is 78.1. The summed E-state index contributed by atoms with van der Waals surface area (Å²) in [4.78, 5) is 24.8. The van der Waals surface area contributed by atoms with E-state index in [2.05, 4.69) is 10.6 Å². The fourth-order valence-electron chi connectivity index (χ4n) is 12.1. The molecule has 8 aliphatic rings. The summed E-state index contributed by atoms with van der Waals surface area (Å²) < 4.78 is 86.8. The largest absolute Gasteiger partial charge is 0.394 e. The fraction of sp³-hybridized carbons (Fsp3) is 0.962. The van der Waals surface area contributed by atoms with Crippen LogP contribution in [0.1, 0.15) is 13.8 Å². The minimum absolute atomic E-state index is 0.759. The molecule has 43 nitrogen and oxygen atoms in total. The van der Waals surface area contributed by atoms with Gasteiger partial charge < -0.3 is 204 Å². The molecule has 26 N–H and O–H groups in total. The molecular weight excluding hydrogens is 1310 g/mol. The lowest BCUT2D eigenvalue weighted by molar-refractivity contribution is -0.410. The molecule has 0 spiro atoms. The predicted molar refractivity (Wildman–Crippen MR) is 288 cm³/mol. The summed E-state index contributed by atoms with van der Waals surface area (Å²) in [6.45, 7) is -6.39. The minimum Gasteiger partial charge on any atom is -0.394 e. The van der Waals surface area contributed by atoms with Crippen LogP contribution in [-0.4, -0.2) is 433 Å². The fourth-order valence-corrected chi connectivity index (χ4v) is 12.1. The van der Waals surface area contributed by atoms with Gasteiger partial charge in [0.15, 0.2) is 50.3 Å². The van der Waals surface area contributed by atoms with Gasteiger partial charge in [-0.2, -0.15) is 0 Å². The molecule has 8 saturated heterocycles. The number of aliphatic hydroxyl groups is 24. The molecule has 95 heavy (non-hydrogen) atoms. The van der Waals surface area contributed by atoms with Crippen LogP contribution < -0.4 is 10.6 Å². The second-order valence-corrected chi connectivity index (χ2v) is 23.9. The number of aliphatic hydroxyl groups excluding tert-OH is 24. The molecule has 0 saturated carbocycles. The molecule has 1 unspecified atom stereocenters. The molecule has 40 atom stereocenters. The average molecular weight is 1400 g/mol. The van der Waals surface area contributed by atoms with Gasteiger partial charge in [-0.1, -0.05) is 0 Å². The van der Waals surface area contributed by atoms with E-state index in [1.807, 2.05) is 0 Å². The van der Waals surface area contributed by atoms with Crippen molar-refractivity contribution >= 4 is 11.8 Å². The van der Waals surface area contributed by atoms with E-state index in [0.29, 0.717) is 0 Å². The van der Waals surface area contributed by atoms with Gasteiger partial charge in [-0.15, -0.1) is 0 Å². The number of hydrogen-bond acceptors (Lipinski definition) is 41. The van der Waals surface area contributed by atoms with E-state index in [-0.39, 0.29) is 0 Å². The molecule has 2 amide bonds. The molecule has 8 heterocycles. The summed E-state index contributed by atoms with van der Waals surface area (Å²) in [5, 5.41) is 267. The number of rotatable bonds is 24. The molecule has 552 valence electrons. The molecular formula is C52H88N2O41. The topological polar surface area (TPSA) is 682 Å². The number of carbonyl (C=O) groups excluding carboxylic acids is 2. The highest BCUT2D eigenvalue weighted by molar-refractivity contribution is 5.73. The van der Waals surface area contributed by atoms with Crippen LogP contribution in [0.3, 0.4) is 0 Å². The lowest BCUT2D eigenvalue weighted by Crippen LogP contribution is -2.70. The van der Waals surface area contributed by atoms with E-state index in [4.69, 9.17) is 71.1 Å². The van der Waals surface area contributed by atoms with E-state index in [1.165, 1.54) is 0 Å². The number of amides is 2. The summed E-state index contributed by atoms with van der Waals surface area (Å²) in [5.41, 5.74) is 0. The molecule has 0 aromatic rings. The van der Waals surface area contributed by atoms with Crippen LogP contribution in [-0.2, 0) is 80.6 Å². The SMILES string of the molecule is CC(=O)N[C@H]1[C@H](O[C@H]2[C@H](O)[C@@H](NC(C)=O)C(O)O[C@@H]2CO)O[C@H](CO)[C@@H](O[C@@H]2O[C@H](CO[C@H]3O[C@H](CO)[C@@H](O)[C@H](O)[C@@H]3O)[C@@H](O)[C@H](O[C@H]3O[C@H](CO)[C@@H](O)[C@H](O)[C@@H]3O[C@H]3O[C@H](CO)[C@@H](O)[C@H](O)[C@@H]3O[C@H]3O[C@H](CO)[C@@H](O)[C@H](O[C@H]4O[C@H](CO)[C@@H](O)[C@H](O)[C@H]4O)[C@@H]3O)[C@@H]2O)[C@@H]1O. The maximum atomic E-state index is 12.8. The van der Waals surface area contributed by atoms with Gasteiger partial charge in [0.1, 0.15) is 195 Å². The molecule has 8 fully saturated rings. The maximum Gasteiger partial charge on any atom is 0.217 e. The Bertz CT molecular complexity index is 2380. The van der Waals surface area contributed by atoms with E-state index < -0.39 is 310 Å². The Morgan fingerprint density at radius 1 is 0.274 bits per heavy atom. The van der Waals surface area contributed by atoms with Crippen LogP contribution in [0.2, 0.25) is 0 Å². The summed E-state index contributed by atoms with van der Waals surface area (Å²) >= 11 is 0. The second kappa shape index (κ2) is 33.9. The van der Waals surface area contributed by atoms with Gasteiger partial charge in [0, 0.05) is 13.8 Å². The highest BCUT2D eigenvalue weighted by Crippen LogP contribution is 2.39. The van der Waals surface area contributed by atoms with E-state index in [9.17, 15) is 132 Å². The second-order valence-electron chi connectivity index (χ2n) is 23.9. The van der Waals surface area contributed by atoms with E-state index in [0.717, 1.165) is 13.8 Å². The van der Waals surface area contributed by atoms with Crippen LogP contribution in [0, 0.1) is 0 Å². The van der Waals surface area contributed by atoms with Crippen LogP contribution in [0.15, 0.2) is 0 Å². The zero-order chi connectivity index (χ0) is 69.9. The molecule has 0 radical (unpaired) electrons. The van der Waals surface area contributed by atoms with Crippen molar-refractivity contribution in [3.63, 3.8) is 0 Å². The van der Waals surface area contributed by atoms with Gasteiger partial charge in [-0.25, -0.2) is 0 Å². The lowest BCUT2D eigenvalue weighted by Gasteiger charge is -2.51. The quantitative estimate of drug-likeness (QED) is 0.0427. The average Bonchev–Trinajstić information content (AvgIpc) is 0.773. The molecule has 0 aromatic carbocycles. The summed E-state index contributed by atoms with van der Waals surface area (Å²) in [7, 11) is 0. The van der Waals surface area contributed by atoms with Crippen LogP contribution in [0.4, 0.5) is 0 Å². The Hall–Kier alpha value is -2.62. The highest BCUT2D eigenvalue weighted by Gasteiger charge is 2.60. The molecule has 8 aliphatic heterocycles. The van der Waals surface area contributed by atoms with Crippen LogP contribution >= 0.6 is 0 Å². The van der Waals surface area contributed by atoms with Gasteiger partial charge in [0.2, 0.25) is 11.8 Å². The highest BCUT2D eigenvalue weighted by atomic mass is 16.8. The van der Waals surface area contributed by atoms with Gasteiger partial charge in [0.05, 0.1) is 52.9 Å². The van der Waals surface area contributed by atoms with Crippen molar-refractivity contribution in [2.24, 2.45) is 0 Å². The first-order chi connectivity index (χ1) is 45.0. The Morgan fingerprint density at radius 3 is 1.02 bits per heavy atom. The monoisotopic (exact) mass is 1400 g/mol. The van der Waals surface area contributed by atoms with Gasteiger partial charge in [0.25, 0.3) is 0 Å². The van der Waals surface area contributed by atoms with Crippen molar-refractivity contribution in [3.05, 3.63) is 0 Å². The molecule has 43 heteroatoms. The summed E-state index contributed by atoms with van der Waals surface area (Å²) in [6.07, 6.45) is -78.7. The smallest absolute Gasteiger partial charge is 0.217 e. The van der Waals surface area contributed by atoms with Crippen LogP contribution in [0.5, 0.6) is 0 Å². The molecule has 0 aliphatic carbocycles. The third kappa shape index (κ3) is 16.8. The van der Waals surface area contributed by atoms with Gasteiger partial charge in [-0.05, 0) is 0 Å². The standard InChI is InChI=1S/C52H88N2O41/c1-11(62)53-21-29(70)39(18(8-60)82-45(21)80)90-46-22(54-12(2)63)30(71)40(19(9-61)88-46)91-50-38(79)42(28(69)20(89-50)10-81-47-35(76)31(72)23(64)13(3-55)83-47)93-51-44(34(75)26(67)15(5-57)86-51)95-52-43(33(74)25(66)16(6-58)87-52)94-49-37(78)41(27(68)17(7-59)85-49)92-48-36(77)32(73)24(65)14(4-56)84-48/h13-52,55-61,64-80H,3-10H2,1-2H3,(H,53,62)(H,54,63)/t13-,14-,15-,16-,17-,18-,19-,20-,21-,22-,23-,24-,25-,26-,27-,28-,29-,30-,31+,32+,33+,34+,35+,36-,37+,38+,39-,40-,41+,42+,43+,44+,45?,46+,47+,48-,49-,50+,51-,52-/m1/s1. The lowest BCUT2D eigenvalue weighted by atomic mass is 9.94. The molecule has 8 rings (SSSR count). The number of carbonyl (C=O) groups is 2. The van der Waals surface area contributed by atoms with Gasteiger partial charge in [-0.3, -0.25) is 9.59 Å².